The van der Waals surface area contributed by atoms with Crippen molar-refractivity contribution in [1.29, 1.82) is 0 Å². The highest BCUT2D eigenvalue weighted by Crippen LogP contribution is 2.28. The van der Waals surface area contributed by atoms with Crippen LogP contribution in [0.5, 0.6) is 0 Å². The van der Waals surface area contributed by atoms with Gasteiger partial charge in [0.2, 0.25) is 0 Å². The minimum Gasteiger partial charge on any atom is -0.378 e. The van der Waals surface area contributed by atoms with E-state index >= 15 is 0 Å². The van der Waals surface area contributed by atoms with Crippen molar-refractivity contribution in [3.8, 4) is 0 Å². The molecule has 1 aliphatic heterocycles. The summed E-state index contributed by atoms with van der Waals surface area (Å²) in [5.74, 6) is 1.95. The number of hydrogen-bond donors (Lipinski definition) is 0. The molecule has 19 heavy (non-hydrogen) atoms. The van der Waals surface area contributed by atoms with Crippen molar-refractivity contribution >= 4 is 0 Å². The van der Waals surface area contributed by atoms with Crippen LogP contribution in [0.4, 0.5) is 0 Å². The smallest absolute Gasteiger partial charge is 0.0575 e. The van der Waals surface area contributed by atoms with Gasteiger partial charge >= 0.3 is 0 Å². The highest BCUT2D eigenvalue weighted by atomic mass is 16.5. The summed E-state index contributed by atoms with van der Waals surface area (Å²) in [4.78, 5) is 2.73. The fourth-order valence-electron chi connectivity index (χ4n) is 3.71. The maximum absolute atomic E-state index is 5.89. The van der Waals surface area contributed by atoms with Gasteiger partial charge in [0.15, 0.2) is 0 Å². The van der Waals surface area contributed by atoms with Crippen LogP contribution in [-0.2, 0) is 4.74 Å². The second-order valence-electron chi connectivity index (χ2n) is 6.67. The van der Waals surface area contributed by atoms with Gasteiger partial charge in [-0.1, -0.05) is 20.3 Å². The molecule has 2 fully saturated rings. The standard InChI is InChI=1S/C17H33NO/c1-3-13-19-17-7-5-16(6-8-17)14-18-11-9-15(4-2)10-12-18/h15-17H,3-14H2,1-2H3. The number of likely N-dealkylation sites (tertiary alicyclic amines) is 1. The summed E-state index contributed by atoms with van der Waals surface area (Å²) in [6, 6.07) is 0. The number of nitrogens with zero attached hydrogens (tertiary/aromatic N) is 1. The Hall–Kier alpha value is -0.0800. The van der Waals surface area contributed by atoms with E-state index in [1.807, 2.05) is 0 Å². The molecule has 2 rings (SSSR count). The van der Waals surface area contributed by atoms with Crippen molar-refractivity contribution in [3.05, 3.63) is 0 Å². The van der Waals surface area contributed by atoms with E-state index in [0.29, 0.717) is 6.10 Å². The molecule has 1 heterocycles. The van der Waals surface area contributed by atoms with Crippen LogP contribution >= 0.6 is 0 Å². The number of ether oxygens (including phenoxy) is 1. The van der Waals surface area contributed by atoms with Gasteiger partial charge in [-0.25, -0.2) is 0 Å². The lowest BCUT2D eigenvalue weighted by molar-refractivity contribution is 0.0128. The normalized spacial score (nSPS) is 30.6. The average molecular weight is 267 g/mol. The summed E-state index contributed by atoms with van der Waals surface area (Å²) in [7, 11) is 0. The molecule has 0 bridgehead atoms. The monoisotopic (exact) mass is 267 g/mol. The van der Waals surface area contributed by atoms with Gasteiger partial charge in [-0.15, -0.1) is 0 Å². The SMILES string of the molecule is CCCOC1CCC(CN2CCC(CC)CC2)CC1. The van der Waals surface area contributed by atoms with Gasteiger partial charge < -0.3 is 9.64 Å². The third kappa shape index (κ3) is 5.07. The van der Waals surface area contributed by atoms with Gasteiger partial charge in [-0.05, 0) is 69.9 Å². The lowest BCUT2D eigenvalue weighted by Crippen LogP contribution is -2.38. The van der Waals surface area contributed by atoms with Crippen molar-refractivity contribution in [1.82, 2.24) is 4.90 Å². The van der Waals surface area contributed by atoms with E-state index in [2.05, 4.69) is 18.7 Å². The van der Waals surface area contributed by atoms with E-state index in [1.165, 1.54) is 64.6 Å². The zero-order valence-corrected chi connectivity index (χ0v) is 13.1. The van der Waals surface area contributed by atoms with Gasteiger partial charge in [0.1, 0.15) is 0 Å². The highest BCUT2D eigenvalue weighted by molar-refractivity contribution is 4.78. The van der Waals surface area contributed by atoms with E-state index in [-0.39, 0.29) is 0 Å². The molecule has 112 valence electrons. The molecule has 2 nitrogen and oxygen atoms in total. The van der Waals surface area contributed by atoms with Crippen molar-refractivity contribution in [2.75, 3.05) is 26.2 Å². The van der Waals surface area contributed by atoms with Gasteiger partial charge in [-0.3, -0.25) is 0 Å². The van der Waals surface area contributed by atoms with Crippen molar-refractivity contribution in [2.45, 2.75) is 71.3 Å². The van der Waals surface area contributed by atoms with Gasteiger partial charge in [-0.2, -0.15) is 0 Å². The average Bonchev–Trinajstić information content (AvgIpc) is 2.47. The van der Waals surface area contributed by atoms with Crippen molar-refractivity contribution in [2.24, 2.45) is 11.8 Å². The summed E-state index contributed by atoms with van der Waals surface area (Å²) in [6.07, 6.45) is 11.4. The van der Waals surface area contributed by atoms with Gasteiger partial charge in [0.05, 0.1) is 6.10 Å². The molecule has 0 spiro atoms. The fourth-order valence-corrected chi connectivity index (χ4v) is 3.71. The molecule has 1 saturated carbocycles. The predicted molar refractivity (Wildman–Crippen MR) is 81.4 cm³/mol. The molecular formula is C17H33NO. The number of hydrogen-bond acceptors (Lipinski definition) is 2. The summed E-state index contributed by atoms with van der Waals surface area (Å²) in [5, 5.41) is 0. The molecule has 0 N–H and O–H groups in total. The minimum absolute atomic E-state index is 0.571. The second-order valence-corrected chi connectivity index (χ2v) is 6.67. The first-order chi connectivity index (χ1) is 9.31. The first-order valence-electron chi connectivity index (χ1n) is 8.65. The van der Waals surface area contributed by atoms with E-state index in [9.17, 15) is 0 Å². The summed E-state index contributed by atoms with van der Waals surface area (Å²) in [6.45, 7) is 9.57. The van der Waals surface area contributed by atoms with Crippen LogP contribution in [-0.4, -0.2) is 37.2 Å². The summed E-state index contributed by atoms with van der Waals surface area (Å²) >= 11 is 0. The van der Waals surface area contributed by atoms with Crippen LogP contribution in [0, 0.1) is 11.8 Å². The maximum Gasteiger partial charge on any atom is 0.0575 e. The first kappa shape index (κ1) is 15.3. The van der Waals surface area contributed by atoms with Crippen molar-refractivity contribution < 1.29 is 4.74 Å². The van der Waals surface area contributed by atoms with Crippen LogP contribution in [0.1, 0.15) is 65.2 Å². The van der Waals surface area contributed by atoms with Gasteiger partial charge in [0.25, 0.3) is 0 Å². The summed E-state index contributed by atoms with van der Waals surface area (Å²) in [5.41, 5.74) is 0. The van der Waals surface area contributed by atoms with Crippen molar-refractivity contribution in [3.63, 3.8) is 0 Å². The Morgan fingerprint density at radius 1 is 0.895 bits per heavy atom. The second kappa shape index (κ2) is 8.26. The van der Waals surface area contributed by atoms with Crippen LogP contribution in [0.15, 0.2) is 0 Å². The third-order valence-corrected chi connectivity index (χ3v) is 5.15. The van der Waals surface area contributed by atoms with E-state index in [4.69, 9.17) is 4.74 Å². The highest BCUT2D eigenvalue weighted by Gasteiger charge is 2.25. The molecular weight excluding hydrogens is 234 g/mol. The molecule has 0 aromatic rings. The van der Waals surface area contributed by atoms with Crippen LogP contribution in [0.2, 0.25) is 0 Å². The Labute approximate surface area is 119 Å². The largest absolute Gasteiger partial charge is 0.378 e. The fraction of sp³-hybridized carbons (Fsp3) is 1.00. The number of rotatable bonds is 6. The maximum atomic E-state index is 5.89. The van der Waals surface area contributed by atoms with Crippen LogP contribution in [0.3, 0.4) is 0 Å². The third-order valence-electron chi connectivity index (χ3n) is 5.15. The molecule has 2 heteroatoms. The molecule has 0 aromatic heterocycles. The van der Waals surface area contributed by atoms with Gasteiger partial charge in [0, 0.05) is 13.2 Å². The lowest BCUT2D eigenvalue weighted by Gasteiger charge is -2.36. The molecule has 0 unspecified atom stereocenters. The zero-order valence-electron chi connectivity index (χ0n) is 13.1. The van der Waals surface area contributed by atoms with E-state index in [0.717, 1.165) is 24.9 Å². The molecule has 0 amide bonds. The molecule has 1 aliphatic carbocycles. The van der Waals surface area contributed by atoms with Crippen LogP contribution in [0.25, 0.3) is 0 Å². The Bertz CT molecular complexity index is 227. The molecule has 2 aliphatic rings. The van der Waals surface area contributed by atoms with E-state index in [1.54, 1.807) is 0 Å². The zero-order chi connectivity index (χ0) is 13.5. The lowest BCUT2D eigenvalue weighted by atomic mass is 9.86. The van der Waals surface area contributed by atoms with Crippen LogP contribution < -0.4 is 0 Å². The molecule has 0 aromatic carbocycles. The Morgan fingerprint density at radius 3 is 2.16 bits per heavy atom. The predicted octanol–water partition coefficient (Wildman–Crippen LogP) is 4.09. The summed E-state index contributed by atoms with van der Waals surface area (Å²) < 4.78 is 5.89. The Morgan fingerprint density at radius 2 is 1.58 bits per heavy atom. The topological polar surface area (TPSA) is 12.5 Å². The van der Waals surface area contributed by atoms with E-state index < -0.39 is 0 Å². The molecule has 0 radical (unpaired) electrons. The Kier molecular flexibility index (Phi) is 6.66. The minimum atomic E-state index is 0.571. The Balaban J connectivity index is 1.60. The molecule has 0 atom stereocenters. The quantitative estimate of drug-likeness (QED) is 0.718. The molecule has 1 saturated heterocycles. The number of piperidine rings is 1. The first-order valence-corrected chi connectivity index (χ1v) is 8.65.